The largest absolute Gasteiger partial charge is 0.102 e. The highest BCUT2D eigenvalue weighted by Gasteiger charge is 2.26. The van der Waals surface area contributed by atoms with Gasteiger partial charge in [-0.25, -0.2) is 0 Å². The lowest BCUT2D eigenvalue weighted by molar-refractivity contribution is 0.713. The average Bonchev–Trinajstić information content (AvgIpc) is 3.53. The van der Waals surface area contributed by atoms with Crippen LogP contribution in [0.3, 0.4) is 0 Å². The fraction of sp³-hybridized carbons (Fsp3) is 0.419. The first-order valence-electron chi connectivity index (χ1n) is 12.4. The molecule has 0 heterocycles. The SMILES string of the molecule is C=CC1CC=CC=C1C.CCc1cc(-c2ccccc2C2CC2)ccc1C1CCCC1. The predicted octanol–water partition coefficient (Wildman–Crippen LogP) is 9.15. The first kappa shape index (κ1) is 21.9. The van der Waals surface area contributed by atoms with Crippen molar-refractivity contribution in [3.8, 4) is 11.1 Å². The van der Waals surface area contributed by atoms with Crippen LogP contribution in [0.2, 0.25) is 0 Å². The van der Waals surface area contributed by atoms with Gasteiger partial charge in [0, 0.05) is 5.92 Å². The fourth-order valence-electron chi connectivity index (χ4n) is 5.26. The van der Waals surface area contributed by atoms with Crippen molar-refractivity contribution in [1.29, 1.82) is 0 Å². The predicted molar refractivity (Wildman–Crippen MR) is 136 cm³/mol. The molecule has 2 aromatic carbocycles. The van der Waals surface area contributed by atoms with Crippen molar-refractivity contribution in [3.63, 3.8) is 0 Å². The van der Waals surface area contributed by atoms with E-state index in [4.69, 9.17) is 0 Å². The van der Waals surface area contributed by atoms with E-state index < -0.39 is 0 Å². The van der Waals surface area contributed by atoms with Gasteiger partial charge in [-0.05, 0) is 85.1 Å². The Morgan fingerprint density at radius 3 is 2.32 bits per heavy atom. The smallest absolute Gasteiger partial charge is 0.000902 e. The van der Waals surface area contributed by atoms with Crippen molar-refractivity contribution >= 4 is 0 Å². The third-order valence-electron chi connectivity index (χ3n) is 7.36. The molecule has 3 aliphatic rings. The van der Waals surface area contributed by atoms with Gasteiger partial charge in [-0.2, -0.15) is 0 Å². The van der Waals surface area contributed by atoms with Crippen LogP contribution in [-0.2, 0) is 6.42 Å². The summed E-state index contributed by atoms with van der Waals surface area (Å²) in [5.41, 5.74) is 9.10. The number of hydrogen-bond donors (Lipinski definition) is 0. The van der Waals surface area contributed by atoms with Gasteiger partial charge in [-0.1, -0.05) is 92.1 Å². The maximum atomic E-state index is 3.76. The van der Waals surface area contributed by atoms with Crippen LogP contribution in [0, 0.1) is 5.92 Å². The molecule has 0 heteroatoms. The van der Waals surface area contributed by atoms with Gasteiger partial charge in [0.2, 0.25) is 0 Å². The molecule has 0 bridgehead atoms. The van der Waals surface area contributed by atoms with E-state index in [9.17, 15) is 0 Å². The van der Waals surface area contributed by atoms with Gasteiger partial charge >= 0.3 is 0 Å². The second kappa shape index (κ2) is 10.3. The topological polar surface area (TPSA) is 0 Å². The molecule has 5 rings (SSSR count). The molecule has 162 valence electrons. The van der Waals surface area contributed by atoms with Crippen molar-refractivity contribution in [2.24, 2.45) is 5.92 Å². The molecule has 1 unspecified atom stereocenters. The molecule has 1 atom stereocenters. The lowest BCUT2D eigenvalue weighted by Crippen LogP contribution is -1.99. The highest BCUT2D eigenvalue weighted by Crippen LogP contribution is 2.45. The van der Waals surface area contributed by atoms with E-state index >= 15 is 0 Å². The molecular formula is C31H38. The lowest BCUT2D eigenvalue weighted by atomic mass is 9.88. The van der Waals surface area contributed by atoms with Gasteiger partial charge in [0.15, 0.2) is 0 Å². The maximum absolute atomic E-state index is 3.76. The second-order valence-electron chi connectivity index (χ2n) is 9.53. The standard InChI is InChI=1S/C22H26.C9H12/c1-2-16-15-19(13-14-20(16)17-7-3-4-8-17)22-10-6-5-9-21(22)18-11-12-18;1-3-9-7-5-4-6-8(9)2/h5-6,9-10,13-15,17-18H,2-4,7-8,11-12H2,1H3;3-6,9H,1,7H2,2H3. The Balaban J connectivity index is 0.000000217. The Bertz CT molecular complexity index is 948. The summed E-state index contributed by atoms with van der Waals surface area (Å²) in [5.74, 6) is 2.23. The lowest BCUT2D eigenvalue weighted by Gasteiger charge is -2.17. The third kappa shape index (κ3) is 5.29. The molecule has 0 aliphatic heterocycles. The molecule has 31 heavy (non-hydrogen) atoms. The van der Waals surface area contributed by atoms with Gasteiger partial charge < -0.3 is 0 Å². The van der Waals surface area contributed by atoms with Crippen LogP contribution in [0.15, 0.2) is 78.9 Å². The van der Waals surface area contributed by atoms with Gasteiger partial charge in [0.25, 0.3) is 0 Å². The van der Waals surface area contributed by atoms with Gasteiger partial charge in [-0.3, -0.25) is 0 Å². The Labute approximate surface area is 189 Å². The summed E-state index contributed by atoms with van der Waals surface area (Å²) in [4.78, 5) is 0. The molecule has 2 fully saturated rings. The zero-order valence-corrected chi connectivity index (χ0v) is 19.4. The Morgan fingerprint density at radius 1 is 0.935 bits per heavy atom. The number of rotatable bonds is 5. The molecule has 0 aromatic heterocycles. The molecule has 0 radical (unpaired) electrons. The van der Waals surface area contributed by atoms with Crippen LogP contribution in [-0.4, -0.2) is 0 Å². The molecule has 3 aliphatic carbocycles. The quantitative estimate of drug-likeness (QED) is 0.431. The van der Waals surface area contributed by atoms with E-state index in [1.807, 2.05) is 6.08 Å². The van der Waals surface area contributed by atoms with Gasteiger partial charge in [-0.15, -0.1) is 6.58 Å². The Kier molecular flexibility index (Phi) is 7.28. The van der Waals surface area contributed by atoms with Gasteiger partial charge in [0.1, 0.15) is 0 Å². The van der Waals surface area contributed by atoms with Gasteiger partial charge in [0.05, 0.1) is 0 Å². The van der Waals surface area contributed by atoms with Crippen LogP contribution in [0.25, 0.3) is 11.1 Å². The summed E-state index contributed by atoms with van der Waals surface area (Å²) in [6, 6.07) is 16.3. The Hall–Kier alpha value is -2.34. The summed E-state index contributed by atoms with van der Waals surface area (Å²) in [5, 5.41) is 0. The van der Waals surface area contributed by atoms with Crippen LogP contribution < -0.4 is 0 Å². The summed E-state index contributed by atoms with van der Waals surface area (Å²) in [6.45, 7) is 8.22. The van der Waals surface area contributed by atoms with Crippen LogP contribution in [0.1, 0.15) is 87.3 Å². The maximum Gasteiger partial charge on any atom is 0.000902 e. The molecule has 2 saturated carbocycles. The van der Waals surface area contributed by atoms with Crippen molar-refractivity contribution < 1.29 is 0 Å². The van der Waals surface area contributed by atoms with Crippen molar-refractivity contribution in [3.05, 3.63) is 95.6 Å². The summed E-state index contributed by atoms with van der Waals surface area (Å²) in [6.07, 6.45) is 19.1. The Morgan fingerprint density at radius 2 is 1.68 bits per heavy atom. The summed E-state index contributed by atoms with van der Waals surface area (Å²) in [7, 11) is 0. The zero-order chi connectivity index (χ0) is 21.6. The summed E-state index contributed by atoms with van der Waals surface area (Å²) >= 11 is 0. The molecule has 2 aromatic rings. The molecule has 0 saturated heterocycles. The monoisotopic (exact) mass is 410 g/mol. The minimum atomic E-state index is 0.593. The number of hydrogen-bond acceptors (Lipinski definition) is 0. The number of benzene rings is 2. The van der Waals surface area contributed by atoms with Crippen molar-refractivity contribution in [2.75, 3.05) is 0 Å². The molecule has 0 spiro atoms. The van der Waals surface area contributed by atoms with E-state index in [2.05, 4.69) is 81.1 Å². The van der Waals surface area contributed by atoms with E-state index in [-0.39, 0.29) is 0 Å². The van der Waals surface area contributed by atoms with Crippen molar-refractivity contribution in [2.45, 2.75) is 77.0 Å². The molecule has 0 N–H and O–H groups in total. The minimum Gasteiger partial charge on any atom is -0.102 e. The summed E-state index contributed by atoms with van der Waals surface area (Å²) < 4.78 is 0. The zero-order valence-electron chi connectivity index (χ0n) is 19.4. The first-order valence-corrected chi connectivity index (χ1v) is 12.4. The molecular weight excluding hydrogens is 372 g/mol. The van der Waals surface area contributed by atoms with E-state index in [1.165, 1.54) is 55.2 Å². The second-order valence-corrected chi connectivity index (χ2v) is 9.53. The average molecular weight is 411 g/mol. The minimum absolute atomic E-state index is 0.593. The van der Waals surface area contributed by atoms with E-state index in [0.29, 0.717) is 5.92 Å². The third-order valence-corrected chi connectivity index (χ3v) is 7.36. The number of aryl methyl sites for hydroxylation is 1. The molecule has 0 nitrogen and oxygen atoms in total. The van der Waals surface area contributed by atoms with Crippen LogP contribution >= 0.6 is 0 Å². The molecule has 0 amide bonds. The van der Waals surface area contributed by atoms with E-state index in [1.54, 1.807) is 16.7 Å². The highest BCUT2D eigenvalue weighted by atomic mass is 14.3. The number of allylic oxidation sites excluding steroid dienone is 5. The van der Waals surface area contributed by atoms with Crippen molar-refractivity contribution in [1.82, 2.24) is 0 Å². The van der Waals surface area contributed by atoms with E-state index in [0.717, 1.165) is 24.7 Å². The van der Waals surface area contributed by atoms with Crippen LogP contribution in [0.4, 0.5) is 0 Å². The fourth-order valence-corrected chi connectivity index (χ4v) is 5.26. The van der Waals surface area contributed by atoms with Crippen LogP contribution in [0.5, 0.6) is 0 Å². The first-order chi connectivity index (χ1) is 15.2. The normalized spacial score (nSPS) is 20.7. The highest BCUT2D eigenvalue weighted by molar-refractivity contribution is 5.70.